The number of para-hydroxylation sites is 1. The molecule has 0 fully saturated rings. The van der Waals surface area contributed by atoms with Gasteiger partial charge in [-0.25, -0.2) is 5.43 Å². The average molecular weight is 363 g/mol. The van der Waals surface area contributed by atoms with Crippen molar-refractivity contribution in [1.29, 1.82) is 0 Å². The molecule has 0 bridgehead atoms. The molecule has 3 rings (SSSR count). The number of hydrogen-bond acceptors (Lipinski definition) is 3. The van der Waals surface area contributed by atoms with Crippen LogP contribution in [0.15, 0.2) is 76.7 Å². The van der Waals surface area contributed by atoms with Gasteiger partial charge in [0.25, 0.3) is 0 Å². The van der Waals surface area contributed by atoms with Crippen molar-refractivity contribution in [3.63, 3.8) is 0 Å². The Morgan fingerprint density at radius 1 is 1.08 bits per heavy atom. The lowest BCUT2D eigenvalue weighted by Gasteiger charge is -2.08. The smallest absolute Gasteiger partial charge is 0.250 e. The van der Waals surface area contributed by atoms with E-state index in [-0.39, 0.29) is 5.91 Å². The summed E-state index contributed by atoms with van der Waals surface area (Å²) in [7, 11) is 0. The zero-order valence-corrected chi connectivity index (χ0v) is 15.7. The maximum Gasteiger partial charge on any atom is 0.250 e. The van der Waals surface area contributed by atoms with Gasteiger partial charge < -0.3 is 4.57 Å². The van der Waals surface area contributed by atoms with E-state index in [0.29, 0.717) is 5.75 Å². The summed E-state index contributed by atoms with van der Waals surface area (Å²) in [6.45, 7) is 4.11. The minimum absolute atomic E-state index is 0.119. The van der Waals surface area contributed by atoms with Gasteiger partial charge in [0, 0.05) is 27.5 Å². The highest BCUT2D eigenvalue weighted by atomic mass is 32.2. The van der Waals surface area contributed by atoms with Crippen molar-refractivity contribution in [1.82, 2.24) is 9.99 Å². The molecule has 0 aliphatic carbocycles. The minimum Gasteiger partial charge on any atom is -0.318 e. The molecular formula is C21H21N3OS. The number of nitrogens with zero attached hydrogens (tertiary/aromatic N) is 2. The predicted octanol–water partition coefficient (Wildman–Crippen LogP) is 4.34. The summed E-state index contributed by atoms with van der Waals surface area (Å²) in [5, 5.41) is 4.11. The molecule has 132 valence electrons. The van der Waals surface area contributed by atoms with Gasteiger partial charge in [-0.15, -0.1) is 11.8 Å². The van der Waals surface area contributed by atoms with Crippen LogP contribution in [0.5, 0.6) is 0 Å². The monoisotopic (exact) mass is 363 g/mol. The molecule has 2 aromatic carbocycles. The van der Waals surface area contributed by atoms with Gasteiger partial charge >= 0.3 is 0 Å². The number of hydrogen-bond donors (Lipinski definition) is 1. The van der Waals surface area contributed by atoms with Crippen LogP contribution in [0.2, 0.25) is 0 Å². The van der Waals surface area contributed by atoms with Crippen LogP contribution in [0.4, 0.5) is 0 Å². The van der Waals surface area contributed by atoms with Crippen LogP contribution in [0.25, 0.3) is 5.69 Å². The van der Waals surface area contributed by atoms with Crippen molar-refractivity contribution < 1.29 is 4.79 Å². The van der Waals surface area contributed by atoms with Crippen molar-refractivity contribution in [3.8, 4) is 5.69 Å². The van der Waals surface area contributed by atoms with Crippen LogP contribution in [0, 0.1) is 13.8 Å². The molecule has 3 aromatic rings. The normalized spacial score (nSPS) is 11.0. The number of carbonyl (C=O) groups is 1. The molecule has 0 aliphatic rings. The van der Waals surface area contributed by atoms with E-state index in [4.69, 9.17) is 0 Å². The SMILES string of the molecule is Cc1cc(/C=N\NC(=O)CSc2ccccc2)c(C)n1-c1ccccc1. The van der Waals surface area contributed by atoms with Crippen LogP contribution in [-0.4, -0.2) is 22.4 Å². The lowest BCUT2D eigenvalue weighted by molar-refractivity contribution is -0.118. The maximum atomic E-state index is 11.9. The third-order valence-corrected chi connectivity index (χ3v) is 5.00. The fourth-order valence-corrected chi connectivity index (χ4v) is 3.48. The molecule has 1 amide bonds. The molecule has 5 heteroatoms. The molecule has 0 aliphatic heterocycles. The molecule has 26 heavy (non-hydrogen) atoms. The first kappa shape index (κ1) is 18.0. The second kappa shape index (κ2) is 8.54. The Bertz CT molecular complexity index is 902. The molecule has 1 N–H and O–H groups in total. The van der Waals surface area contributed by atoms with E-state index in [2.05, 4.69) is 47.1 Å². The van der Waals surface area contributed by atoms with Crippen LogP contribution in [-0.2, 0) is 4.79 Å². The number of aromatic nitrogens is 1. The average Bonchev–Trinajstić information content (AvgIpc) is 2.95. The first-order valence-corrected chi connectivity index (χ1v) is 9.38. The molecule has 0 unspecified atom stereocenters. The van der Waals surface area contributed by atoms with Crippen molar-refractivity contribution in [2.24, 2.45) is 5.10 Å². The van der Waals surface area contributed by atoms with Gasteiger partial charge in [-0.1, -0.05) is 36.4 Å². The van der Waals surface area contributed by atoms with Crippen LogP contribution in [0.3, 0.4) is 0 Å². The molecule has 0 saturated carbocycles. The Morgan fingerprint density at radius 2 is 1.73 bits per heavy atom. The van der Waals surface area contributed by atoms with Gasteiger partial charge in [0.2, 0.25) is 5.91 Å². The van der Waals surface area contributed by atoms with E-state index in [1.807, 2.05) is 48.5 Å². The fraction of sp³-hybridized carbons (Fsp3) is 0.143. The largest absolute Gasteiger partial charge is 0.318 e. The summed E-state index contributed by atoms with van der Waals surface area (Å²) in [6, 6.07) is 22.1. The van der Waals surface area contributed by atoms with Crippen LogP contribution < -0.4 is 5.43 Å². The molecular weight excluding hydrogens is 342 g/mol. The van der Waals surface area contributed by atoms with Gasteiger partial charge in [0.05, 0.1) is 12.0 Å². The van der Waals surface area contributed by atoms with E-state index < -0.39 is 0 Å². The number of thioether (sulfide) groups is 1. The van der Waals surface area contributed by atoms with Crippen molar-refractivity contribution in [3.05, 3.63) is 83.7 Å². The third kappa shape index (κ3) is 4.43. The molecule has 4 nitrogen and oxygen atoms in total. The first-order chi connectivity index (χ1) is 12.6. The van der Waals surface area contributed by atoms with Gasteiger partial charge in [0.15, 0.2) is 0 Å². The van der Waals surface area contributed by atoms with Crippen LogP contribution >= 0.6 is 11.8 Å². The third-order valence-electron chi connectivity index (χ3n) is 3.99. The summed E-state index contributed by atoms with van der Waals surface area (Å²) >= 11 is 1.49. The van der Waals surface area contributed by atoms with Gasteiger partial charge in [0.1, 0.15) is 0 Å². The summed E-state index contributed by atoms with van der Waals surface area (Å²) in [4.78, 5) is 13.0. The zero-order valence-electron chi connectivity index (χ0n) is 14.8. The molecule has 1 heterocycles. The molecule has 0 atom stereocenters. The first-order valence-electron chi connectivity index (χ1n) is 8.39. The highest BCUT2D eigenvalue weighted by Gasteiger charge is 2.09. The summed E-state index contributed by atoms with van der Waals surface area (Å²) in [5.41, 5.74) is 6.92. The highest BCUT2D eigenvalue weighted by molar-refractivity contribution is 8.00. The summed E-state index contributed by atoms with van der Waals surface area (Å²) < 4.78 is 2.18. The van der Waals surface area contributed by atoms with E-state index >= 15 is 0 Å². The van der Waals surface area contributed by atoms with Crippen LogP contribution in [0.1, 0.15) is 17.0 Å². The number of nitrogens with one attached hydrogen (secondary N) is 1. The number of rotatable bonds is 6. The topological polar surface area (TPSA) is 46.4 Å². The second-order valence-electron chi connectivity index (χ2n) is 5.89. The number of carbonyl (C=O) groups excluding carboxylic acids is 1. The Balaban J connectivity index is 1.61. The fourth-order valence-electron chi connectivity index (χ4n) is 2.76. The van der Waals surface area contributed by atoms with E-state index in [0.717, 1.165) is 27.5 Å². The maximum absolute atomic E-state index is 11.9. The Kier molecular flexibility index (Phi) is 5.92. The van der Waals surface area contributed by atoms with Gasteiger partial charge in [-0.05, 0) is 44.2 Å². The summed E-state index contributed by atoms with van der Waals surface area (Å²) in [6.07, 6.45) is 1.70. The van der Waals surface area contributed by atoms with Crippen molar-refractivity contribution in [2.75, 3.05) is 5.75 Å². The molecule has 0 spiro atoms. The zero-order chi connectivity index (χ0) is 18.4. The van der Waals surface area contributed by atoms with Crippen molar-refractivity contribution in [2.45, 2.75) is 18.7 Å². The molecule has 1 aromatic heterocycles. The lowest BCUT2D eigenvalue weighted by atomic mass is 10.2. The predicted molar refractivity (Wildman–Crippen MR) is 108 cm³/mol. The Morgan fingerprint density at radius 3 is 2.42 bits per heavy atom. The van der Waals surface area contributed by atoms with Crippen molar-refractivity contribution >= 4 is 23.9 Å². The van der Waals surface area contributed by atoms with E-state index in [9.17, 15) is 4.79 Å². The summed E-state index contributed by atoms with van der Waals surface area (Å²) in [5.74, 6) is 0.219. The van der Waals surface area contributed by atoms with Gasteiger partial charge in [-0.2, -0.15) is 5.10 Å². The Hall–Kier alpha value is -2.79. The molecule has 0 radical (unpaired) electrons. The van der Waals surface area contributed by atoms with E-state index in [1.54, 1.807) is 6.21 Å². The molecule has 0 saturated heterocycles. The highest BCUT2D eigenvalue weighted by Crippen LogP contribution is 2.19. The Labute approximate surface area is 157 Å². The van der Waals surface area contributed by atoms with E-state index in [1.165, 1.54) is 11.8 Å². The minimum atomic E-state index is -0.119. The number of hydrazone groups is 1. The quantitative estimate of drug-likeness (QED) is 0.402. The number of aryl methyl sites for hydroxylation is 1. The second-order valence-corrected chi connectivity index (χ2v) is 6.94. The standard InChI is InChI=1S/C21H21N3OS/c1-16-13-18(17(2)24(16)19-9-5-3-6-10-19)14-22-23-21(25)15-26-20-11-7-4-8-12-20/h3-14H,15H2,1-2H3,(H,23,25)/b22-14-. The van der Waals surface area contributed by atoms with Gasteiger partial charge in [-0.3, -0.25) is 4.79 Å². The number of benzene rings is 2. The lowest BCUT2D eigenvalue weighted by Crippen LogP contribution is -2.19. The number of amides is 1.